The van der Waals surface area contributed by atoms with E-state index in [1.165, 1.54) is 19.2 Å². The van der Waals surface area contributed by atoms with Crippen molar-refractivity contribution in [3.05, 3.63) is 60.3 Å². The second-order valence-corrected chi connectivity index (χ2v) is 9.03. The summed E-state index contributed by atoms with van der Waals surface area (Å²) in [6.45, 7) is 0.00772. The van der Waals surface area contributed by atoms with Crippen molar-refractivity contribution in [1.29, 1.82) is 0 Å². The molecule has 0 saturated heterocycles. The number of benzene rings is 1. The molecule has 9 heteroatoms. The highest BCUT2D eigenvalue weighted by molar-refractivity contribution is 7.89. The molecule has 0 bridgehead atoms. The Kier molecular flexibility index (Phi) is 5.83. The fourth-order valence-corrected chi connectivity index (χ4v) is 4.77. The lowest BCUT2D eigenvalue weighted by Crippen LogP contribution is -2.23. The van der Waals surface area contributed by atoms with E-state index in [4.69, 9.17) is 4.74 Å². The number of hydrogen-bond acceptors (Lipinski definition) is 5. The summed E-state index contributed by atoms with van der Waals surface area (Å²) in [5.74, 6) is -0.739. The van der Waals surface area contributed by atoms with Crippen molar-refractivity contribution in [2.24, 2.45) is 0 Å². The molecule has 2 heterocycles. The summed E-state index contributed by atoms with van der Waals surface area (Å²) < 4.78 is 48.5. The van der Waals surface area contributed by atoms with Gasteiger partial charge in [-0.25, -0.2) is 17.5 Å². The Balaban J connectivity index is 1.58. The molecule has 0 spiro atoms. The first-order valence-corrected chi connectivity index (χ1v) is 11.3. The highest BCUT2D eigenvalue weighted by atomic mass is 32.2. The number of nitrogens with zero attached hydrogens (tertiary/aromatic N) is 3. The standard InChI is InChI=1S/C21H23FN4O3S/c1-29-21-7-6-18(13-19(21)22)30(27,28)24-14-16-12-20(15-8-10-23-11-9-15)26(25-16)17-4-2-3-5-17/h6-13,17,24H,2-5,14H2,1H3. The molecule has 0 atom stereocenters. The molecule has 158 valence electrons. The van der Waals surface area contributed by atoms with Crippen molar-refractivity contribution in [1.82, 2.24) is 19.5 Å². The predicted molar refractivity (Wildman–Crippen MR) is 110 cm³/mol. The smallest absolute Gasteiger partial charge is 0.241 e. The van der Waals surface area contributed by atoms with Gasteiger partial charge in [-0.2, -0.15) is 5.10 Å². The molecule has 0 radical (unpaired) electrons. The van der Waals surface area contributed by atoms with Gasteiger partial charge in [-0.3, -0.25) is 9.67 Å². The minimum Gasteiger partial charge on any atom is -0.494 e. The molecule has 1 aliphatic rings. The Bertz CT molecular complexity index is 1130. The van der Waals surface area contributed by atoms with Gasteiger partial charge in [0.1, 0.15) is 0 Å². The maximum atomic E-state index is 13.9. The zero-order chi connectivity index (χ0) is 21.1. The third-order valence-electron chi connectivity index (χ3n) is 5.31. The number of nitrogens with one attached hydrogen (secondary N) is 1. The molecule has 3 aromatic rings. The van der Waals surface area contributed by atoms with Crippen molar-refractivity contribution < 1.29 is 17.5 Å². The minimum absolute atomic E-state index is 0.00772. The van der Waals surface area contributed by atoms with Gasteiger partial charge in [0.15, 0.2) is 11.6 Å². The van der Waals surface area contributed by atoms with Gasteiger partial charge >= 0.3 is 0 Å². The number of ether oxygens (including phenoxy) is 1. The van der Waals surface area contributed by atoms with Crippen LogP contribution in [-0.2, 0) is 16.6 Å². The predicted octanol–water partition coefficient (Wildman–Crippen LogP) is 3.69. The van der Waals surface area contributed by atoms with Gasteiger partial charge in [-0.05, 0) is 49.2 Å². The van der Waals surface area contributed by atoms with Crippen molar-refractivity contribution in [3.63, 3.8) is 0 Å². The quantitative estimate of drug-likeness (QED) is 0.618. The highest BCUT2D eigenvalue weighted by Crippen LogP contribution is 2.33. The number of sulfonamides is 1. The SMILES string of the molecule is COc1ccc(S(=O)(=O)NCc2cc(-c3ccncc3)n(C3CCCC3)n2)cc1F. The van der Waals surface area contributed by atoms with Gasteiger partial charge in [0, 0.05) is 18.0 Å². The lowest BCUT2D eigenvalue weighted by molar-refractivity contribution is 0.385. The number of pyridine rings is 1. The fourth-order valence-electron chi connectivity index (χ4n) is 3.76. The van der Waals surface area contributed by atoms with Crippen LogP contribution in [0.5, 0.6) is 5.75 Å². The van der Waals surface area contributed by atoms with Crippen LogP contribution in [0.15, 0.2) is 53.7 Å². The summed E-state index contributed by atoms with van der Waals surface area (Å²) >= 11 is 0. The molecule has 1 N–H and O–H groups in total. The van der Waals surface area contributed by atoms with E-state index in [0.29, 0.717) is 11.7 Å². The Morgan fingerprint density at radius 2 is 1.90 bits per heavy atom. The molecule has 0 unspecified atom stereocenters. The summed E-state index contributed by atoms with van der Waals surface area (Å²) in [4.78, 5) is 3.90. The third-order valence-corrected chi connectivity index (χ3v) is 6.71. The van der Waals surface area contributed by atoms with Crippen LogP contribution in [0.1, 0.15) is 37.4 Å². The Hall–Kier alpha value is -2.78. The first-order valence-electron chi connectivity index (χ1n) is 9.80. The average Bonchev–Trinajstić information content (AvgIpc) is 3.43. The van der Waals surface area contributed by atoms with Gasteiger partial charge in [0.2, 0.25) is 10.0 Å². The molecule has 1 aromatic carbocycles. The Morgan fingerprint density at radius 1 is 1.17 bits per heavy atom. The first-order chi connectivity index (χ1) is 14.5. The molecular formula is C21H23FN4O3S. The van der Waals surface area contributed by atoms with Crippen LogP contribution >= 0.6 is 0 Å². The number of rotatable bonds is 7. The highest BCUT2D eigenvalue weighted by Gasteiger charge is 2.23. The molecule has 0 amide bonds. The Morgan fingerprint density at radius 3 is 2.57 bits per heavy atom. The zero-order valence-electron chi connectivity index (χ0n) is 16.6. The zero-order valence-corrected chi connectivity index (χ0v) is 17.4. The molecule has 1 aliphatic carbocycles. The molecule has 30 heavy (non-hydrogen) atoms. The molecule has 2 aromatic heterocycles. The summed E-state index contributed by atoms with van der Waals surface area (Å²) in [7, 11) is -2.57. The monoisotopic (exact) mass is 430 g/mol. The maximum Gasteiger partial charge on any atom is 0.241 e. The summed E-state index contributed by atoms with van der Waals surface area (Å²) in [5.41, 5.74) is 2.52. The number of aromatic nitrogens is 3. The lowest BCUT2D eigenvalue weighted by atomic mass is 10.1. The van der Waals surface area contributed by atoms with Crippen LogP contribution < -0.4 is 9.46 Å². The Labute approximate surface area is 175 Å². The van der Waals surface area contributed by atoms with Gasteiger partial charge in [0.05, 0.1) is 36.0 Å². The number of hydrogen-bond donors (Lipinski definition) is 1. The fraction of sp³-hybridized carbons (Fsp3) is 0.333. The van der Waals surface area contributed by atoms with Gasteiger partial charge < -0.3 is 4.74 Å². The van der Waals surface area contributed by atoms with Gasteiger partial charge in [-0.15, -0.1) is 0 Å². The molecule has 1 fully saturated rings. The van der Waals surface area contributed by atoms with E-state index in [1.807, 2.05) is 22.9 Å². The van der Waals surface area contributed by atoms with E-state index < -0.39 is 15.8 Å². The largest absolute Gasteiger partial charge is 0.494 e. The van der Waals surface area contributed by atoms with E-state index in [-0.39, 0.29) is 17.2 Å². The van der Waals surface area contributed by atoms with Crippen LogP contribution in [0.3, 0.4) is 0 Å². The van der Waals surface area contributed by atoms with Crippen molar-refractivity contribution in [3.8, 4) is 17.0 Å². The summed E-state index contributed by atoms with van der Waals surface area (Å²) in [6, 6.07) is 9.57. The third kappa shape index (κ3) is 4.22. The molecule has 4 rings (SSSR count). The molecule has 0 aliphatic heterocycles. The van der Waals surface area contributed by atoms with E-state index >= 15 is 0 Å². The van der Waals surface area contributed by atoms with Crippen LogP contribution in [0, 0.1) is 5.82 Å². The van der Waals surface area contributed by atoms with Crippen LogP contribution in [-0.4, -0.2) is 30.3 Å². The van der Waals surface area contributed by atoms with Gasteiger partial charge in [-0.1, -0.05) is 12.8 Å². The first kappa shape index (κ1) is 20.5. The number of halogens is 1. The van der Waals surface area contributed by atoms with Crippen molar-refractivity contribution in [2.75, 3.05) is 7.11 Å². The van der Waals surface area contributed by atoms with Crippen LogP contribution in [0.25, 0.3) is 11.3 Å². The number of methoxy groups -OCH3 is 1. The van der Waals surface area contributed by atoms with Crippen molar-refractivity contribution >= 4 is 10.0 Å². The second kappa shape index (κ2) is 8.53. The summed E-state index contributed by atoms with van der Waals surface area (Å²) in [6.07, 6.45) is 7.87. The normalized spacial score (nSPS) is 14.9. The minimum atomic E-state index is -3.90. The molecule has 7 nitrogen and oxygen atoms in total. The summed E-state index contributed by atoms with van der Waals surface area (Å²) in [5, 5.41) is 4.69. The van der Waals surface area contributed by atoms with Crippen LogP contribution in [0.4, 0.5) is 4.39 Å². The maximum absolute atomic E-state index is 13.9. The molecule has 1 saturated carbocycles. The van der Waals surface area contributed by atoms with Gasteiger partial charge in [0.25, 0.3) is 0 Å². The average molecular weight is 431 g/mol. The van der Waals surface area contributed by atoms with Crippen molar-refractivity contribution in [2.45, 2.75) is 43.2 Å². The van der Waals surface area contributed by atoms with E-state index in [1.54, 1.807) is 12.4 Å². The van der Waals surface area contributed by atoms with E-state index in [9.17, 15) is 12.8 Å². The van der Waals surface area contributed by atoms with E-state index in [2.05, 4.69) is 14.8 Å². The van der Waals surface area contributed by atoms with Crippen LogP contribution in [0.2, 0.25) is 0 Å². The van der Waals surface area contributed by atoms with E-state index in [0.717, 1.165) is 43.0 Å². The second-order valence-electron chi connectivity index (χ2n) is 7.26. The lowest BCUT2D eigenvalue weighted by Gasteiger charge is -2.14. The topological polar surface area (TPSA) is 86.1 Å². The molecular weight excluding hydrogens is 407 g/mol.